The minimum Gasteiger partial charge on any atom is -0.393 e. The van der Waals surface area contributed by atoms with Gasteiger partial charge in [0.2, 0.25) is 17.7 Å². The average molecular weight is 322 g/mol. The molecular weight excluding hydrogens is 296 g/mol. The fourth-order valence-corrected chi connectivity index (χ4v) is 4.18. The number of amides is 3. The van der Waals surface area contributed by atoms with Gasteiger partial charge in [0, 0.05) is 19.0 Å². The van der Waals surface area contributed by atoms with Crippen LogP contribution in [0.1, 0.15) is 57.8 Å². The van der Waals surface area contributed by atoms with Crippen molar-refractivity contribution in [2.45, 2.75) is 69.9 Å². The zero-order valence-corrected chi connectivity index (χ0v) is 13.5. The standard InChI is InChI=1S/C17H26N2O4/c20-12-7-5-11(6-8-12)18-15(21)9-10-19-16(22)13-3-1-2-4-14(13)17(19)23/h11-14,20H,1-10H2,(H,18,21)/t11?,12?,13-,14+. The number of aliphatic hydroxyl groups excluding tert-OH is 1. The zero-order valence-electron chi connectivity index (χ0n) is 13.5. The highest BCUT2D eigenvalue weighted by Gasteiger charge is 2.47. The van der Waals surface area contributed by atoms with Crippen LogP contribution in [0.4, 0.5) is 0 Å². The Hall–Kier alpha value is -1.43. The van der Waals surface area contributed by atoms with Crippen molar-refractivity contribution in [3.8, 4) is 0 Å². The lowest BCUT2D eigenvalue weighted by Gasteiger charge is -2.26. The van der Waals surface area contributed by atoms with Crippen LogP contribution >= 0.6 is 0 Å². The van der Waals surface area contributed by atoms with Crippen LogP contribution in [-0.2, 0) is 14.4 Å². The molecule has 3 fully saturated rings. The number of nitrogens with zero attached hydrogens (tertiary/aromatic N) is 1. The Kier molecular flexibility index (Phi) is 4.99. The van der Waals surface area contributed by atoms with E-state index in [1.807, 2.05) is 0 Å². The molecule has 6 nitrogen and oxygen atoms in total. The van der Waals surface area contributed by atoms with Gasteiger partial charge in [-0.05, 0) is 38.5 Å². The number of nitrogens with one attached hydrogen (secondary N) is 1. The molecule has 3 rings (SSSR count). The first-order chi connectivity index (χ1) is 11.1. The molecule has 23 heavy (non-hydrogen) atoms. The summed E-state index contributed by atoms with van der Waals surface area (Å²) < 4.78 is 0. The highest BCUT2D eigenvalue weighted by molar-refractivity contribution is 6.05. The quantitative estimate of drug-likeness (QED) is 0.755. The van der Waals surface area contributed by atoms with Crippen LogP contribution in [0.15, 0.2) is 0 Å². The summed E-state index contributed by atoms with van der Waals surface area (Å²) in [5, 5.41) is 12.4. The first kappa shape index (κ1) is 16.4. The number of likely N-dealkylation sites (tertiary alicyclic amines) is 1. The van der Waals surface area contributed by atoms with Gasteiger partial charge in [-0.15, -0.1) is 0 Å². The van der Waals surface area contributed by atoms with Crippen molar-refractivity contribution in [1.29, 1.82) is 0 Å². The second-order valence-electron chi connectivity index (χ2n) is 7.15. The predicted octanol–water partition coefficient (Wildman–Crippen LogP) is 0.971. The Labute approximate surface area is 136 Å². The van der Waals surface area contributed by atoms with E-state index in [0.29, 0.717) is 0 Å². The average Bonchev–Trinajstić information content (AvgIpc) is 2.80. The Morgan fingerprint density at radius 3 is 2.13 bits per heavy atom. The largest absolute Gasteiger partial charge is 0.393 e. The van der Waals surface area contributed by atoms with Gasteiger partial charge in [-0.2, -0.15) is 0 Å². The fourth-order valence-electron chi connectivity index (χ4n) is 4.18. The van der Waals surface area contributed by atoms with Gasteiger partial charge in [-0.25, -0.2) is 0 Å². The Balaban J connectivity index is 1.47. The Morgan fingerprint density at radius 2 is 1.57 bits per heavy atom. The SMILES string of the molecule is O=C(CCN1C(=O)[C@H]2CCCC[C@H]2C1=O)NC1CCC(O)CC1. The molecule has 2 atom stereocenters. The number of aliphatic hydroxyl groups is 1. The second kappa shape index (κ2) is 6.99. The number of imide groups is 1. The van der Waals surface area contributed by atoms with Crippen molar-refractivity contribution < 1.29 is 19.5 Å². The summed E-state index contributed by atoms with van der Waals surface area (Å²) in [5.41, 5.74) is 0. The minimum absolute atomic E-state index is 0.0757. The third kappa shape index (κ3) is 3.57. The molecule has 0 spiro atoms. The number of hydrogen-bond acceptors (Lipinski definition) is 4. The van der Waals surface area contributed by atoms with E-state index in [1.165, 1.54) is 4.90 Å². The van der Waals surface area contributed by atoms with Gasteiger partial charge in [-0.3, -0.25) is 19.3 Å². The van der Waals surface area contributed by atoms with Gasteiger partial charge in [0.25, 0.3) is 0 Å². The van der Waals surface area contributed by atoms with E-state index in [4.69, 9.17) is 0 Å². The van der Waals surface area contributed by atoms with Gasteiger partial charge in [-0.1, -0.05) is 12.8 Å². The van der Waals surface area contributed by atoms with Crippen molar-refractivity contribution in [2.75, 3.05) is 6.54 Å². The smallest absolute Gasteiger partial charge is 0.233 e. The number of fused-ring (bicyclic) bond motifs is 1. The normalized spacial score (nSPS) is 34.4. The number of carbonyl (C=O) groups is 3. The Morgan fingerprint density at radius 1 is 1.00 bits per heavy atom. The molecule has 2 N–H and O–H groups in total. The van der Waals surface area contributed by atoms with Crippen LogP contribution in [-0.4, -0.2) is 46.4 Å². The van der Waals surface area contributed by atoms with Crippen LogP contribution in [0.5, 0.6) is 0 Å². The van der Waals surface area contributed by atoms with Crippen LogP contribution in [0.3, 0.4) is 0 Å². The summed E-state index contributed by atoms with van der Waals surface area (Å²) in [6, 6.07) is 0.110. The summed E-state index contributed by atoms with van der Waals surface area (Å²) in [4.78, 5) is 38.0. The first-order valence-electron chi connectivity index (χ1n) is 8.89. The van der Waals surface area contributed by atoms with E-state index in [0.717, 1.165) is 51.4 Å². The summed E-state index contributed by atoms with van der Waals surface area (Å²) >= 11 is 0. The molecule has 0 aromatic carbocycles. The van der Waals surface area contributed by atoms with E-state index in [9.17, 15) is 19.5 Å². The molecule has 1 heterocycles. The molecule has 0 bridgehead atoms. The molecule has 0 unspecified atom stereocenters. The van der Waals surface area contributed by atoms with Crippen LogP contribution in [0.2, 0.25) is 0 Å². The molecule has 1 saturated heterocycles. The highest BCUT2D eigenvalue weighted by atomic mass is 16.3. The summed E-state index contributed by atoms with van der Waals surface area (Å²) in [6.45, 7) is 0.200. The van der Waals surface area contributed by atoms with E-state index in [1.54, 1.807) is 0 Å². The van der Waals surface area contributed by atoms with E-state index < -0.39 is 0 Å². The maximum absolute atomic E-state index is 12.3. The lowest BCUT2D eigenvalue weighted by molar-refractivity contribution is -0.140. The zero-order chi connectivity index (χ0) is 16.4. The second-order valence-corrected chi connectivity index (χ2v) is 7.15. The molecular formula is C17H26N2O4. The minimum atomic E-state index is -0.244. The topological polar surface area (TPSA) is 86.7 Å². The molecule has 0 aromatic heterocycles. The Bertz CT molecular complexity index is 461. The maximum atomic E-state index is 12.3. The monoisotopic (exact) mass is 322 g/mol. The lowest BCUT2D eigenvalue weighted by Crippen LogP contribution is -2.41. The van der Waals surface area contributed by atoms with E-state index >= 15 is 0 Å². The third-order valence-corrected chi connectivity index (χ3v) is 5.56. The van der Waals surface area contributed by atoms with Crippen LogP contribution in [0, 0.1) is 11.8 Å². The molecule has 2 saturated carbocycles. The number of rotatable bonds is 4. The molecule has 2 aliphatic carbocycles. The number of carbonyl (C=O) groups excluding carboxylic acids is 3. The molecule has 0 aromatic rings. The molecule has 3 aliphatic rings. The third-order valence-electron chi connectivity index (χ3n) is 5.56. The summed E-state index contributed by atoms with van der Waals surface area (Å²) in [6.07, 6.45) is 6.60. The van der Waals surface area contributed by atoms with Crippen LogP contribution < -0.4 is 5.32 Å². The molecule has 1 aliphatic heterocycles. The molecule has 3 amide bonds. The van der Waals surface area contributed by atoms with Crippen molar-refractivity contribution in [2.24, 2.45) is 11.8 Å². The van der Waals surface area contributed by atoms with Gasteiger partial charge < -0.3 is 10.4 Å². The maximum Gasteiger partial charge on any atom is 0.233 e. The van der Waals surface area contributed by atoms with Gasteiger partial charge in [0.05, 0.1) is 17.9 Å². The van der Waals surface area contributed by atoms with Gasteiger partial charge in [0.15, 0.2) is 0 Å². The first-order valence-corrected chi connectivity index (χ1v) is 8.89. The summed E-state index contributed by atoms with van der Waals surface area (Å²) in [5.74, 6) is -0.540. The lowest BCUT2D eigenvalue weighted by atomic mass is 9.81. The van der Waals surface area contributed by atoms with Crippen molar-refractivity contribution in [1.82, 2.24) is 10.2 Å². The molecule has 0 radical (unpaired) electrons. The number of hydrogen-bond donors (Lipinski definition) is 2. The van der Waals surface area contributed by atoms with E-state index in [-0.39, 0.29) is 54.7 Å². The highest BCUT2D eigenvalue weighted by Crippen LogP contribution is 2.37. The van der Waals surface area contributed by atoms with E-state index in [2.05, 4.69) is 5.32 Å². The summed E-state index contributed by atoms with van der Waals surface area (Å²) in [7, 11) is 0. The molecule has 128 valence electrons. The van der Waals surface area contributed by atoms with Gasteiger partial charge >= 0.3 is 0 Å². The van der Waals surface area contributed by atoms with Gasteiger partial charge in [0.1, 0.15) is 0 Å². The van der Waals surface area contributed by atoms with Crippen molar-refractivity contribution in [3.05, 3.63) is 0 Å². The fraction of sp³-hybridized carbons (Fsp3) is 0.824. The molecule has 6 heteroatoms. The van der Waals surface area contributed by atoms with Crippen molar-refractivity contribution >= 4 is 17.7 Å². The van der Waals surface area contributed by atoms with Crippen LogP contribution in [0.25, 0.3) is 0 Å². The predicted molar refractivity (Wildman–Crippen MR) is 83.2 cm³/mol. The van der Waals surface area contributed by atoms with Crippen molar-refractivity contribution in [3.63, 3.8) is 0 Å².